The largest absolute Gasteiger partial charge is 0.456 e. The molecule has 0 aliphatic heterocycles. The van der Waals surface area contributed by atoms with Crippen molar-refractivity contribution in [3.63, 3.8) is 0 Å². The zero-order valence-corrected chi connectivity index (χ0v) is 14.2. The number of halogens is 1. The third kappa shape index (κ3) is 2.53. The Bertz CT molecular complexity index is 579. The Morgan fingerprint density at radius 3 is 2.62 bits per heavy atom. The van der Waals surface area contributed by atoms with Gasteiger partial charge in [-0.2, -0.15) is 0 Å². The molecule has 0 heterocycles. The summed E-state index contributed by atoms with van der Waals surface area (Å²) in [4.78, 5) is 12.3. The number of rotatable bonds is 2. The summed E-state index contributed by atoms with van der Waals surface area (Å²) in [5.41, 5.74) is -0.171. The first-order valence-electron chi connectivity index (χ1n) is 7.41. The molecule has 0 unspecified atom stereocenters. The first-order valence-corrected chi connectivity index (χ1v) is 8.20. The van der Waals surface area contributed by atoms with Crippen molar-refractivity contribution in [3.8, 4) is 0 Å². The standard InChI is InChI=1S/C17H21BrO3/c1-16(2)11-8-14(17(3,20)9-12(11)16)21-15(19)10-6-4-5-7-13(10)18/h4-7,11-12,14,20H,8-9H2,1-3H3/t11-,12-,14+,17+/m0/s1. The monoisotopic (exact) mass is 352 g/mol. The van der Waals surface area contributed by atoms with Crippen LogP contribution in [0.5, 0.6) is 0 Å². The van der Waals surface area contributed by atoms with Crippen molar-refractivity contribution in [1.82, 2.24) is 0 Å². The van der Waals surface area contributed by atoms with Gasteiger partial charge in [0, 0.05) is 4.47 Å². The van der Waals surface area contributed by atoms with E-state index in [0.29, 0.717) is 23.8 Å². The molecule has 0 aromatic heterocycles. The molecule has 3 nitrogen and oxygen atoms in total. The first kappa shape index (κ1) is 15.0. The minimum atomic E-state index is -0.939. The number of fused-ring (bicyclic) bond motifs is 1. The summed E-state index contributed by atoms with van der Waals surface area (Å²) < 4.78 is 6.36. The Morgan fingerprint density at radius 1 is 1.29 bits per heavy atom. The summed E-state index contributed by atoms with van der Waals surface area (Å²) in [5.74, 6) is 0.727. The number of esters is 1. The van der Waals surface area contributed by atoms with Crippen molar-refractivity contribution in [2.24, 2.45) is 17.3 Å². The van der Waals surface area contributed by atoms with Gasteiger partial charge >= 0.3 is 5.97 Å². The summed E-state index contributed by atoms with van der Waals surface area (Å²) in [6, 6.07) is 7.21. The van der Waals surface area contributed by atoms with E-state index < -0.39 is 11.7 Å². The highest BCUT2D eigenvalue weighted by Crippen LogP contribution is 2.66. The number of hydrogen-bond donors (Lipinski definition) is 1. The van der Waals surface area contributed by atoms with Crippen LogP contribution < -0.4 is 0 Å². The summed E-state index contributed by atoms with van der Waals surface area (Å²) in [6.07, 6.45) is 1.03. The molecule has 1 aromatic carbocycles. The average Bonchev–Trinajstić information content (AvgIpc) is 2.90. The molecule has 2 saturated carbocycles. The van der Waals surface area contributed by atoms with Gasteiger partial charge in [0.05, 0.1) is 11.2 Å². The maximum Gasteiger partial charge on any atom is 0.339 e. The smallest absolute Gasteiger partial charge is 0.339 e. The predicted molar refractivity (Wildman–Crippen MR) is 84.0 cm³/mol. The Labute approximate surface area is 133 Å². The van der Waals surface area contributed by atoms with Gasteiger partial charge in [-0.1, -0.05) is 26.0 Å². The Balaban J connectivity index is 1.75. The van der Waals surface area contributed by atoms with Crippen molar-refractivity contribution in [2.45, 2.75) is 45.3 Å². The molecular formula is C17H21BrO3. The number of aliphatic hydroxyl groups is 1. The second-order valence-corrected chi connectivity index (χ2v) is 8.06. The van der Waals surface area contributed by atoms with E-state index in [9.17, 15) is 9.90 Å². The molecular weight excluding hydrogens is 332 g/mol. The first-order chi connectivity index (χ1) is 9.73. The molecule has 0 radical (unpaired) electrons. The van der Waals surface area contributed by atoms with E-state index in [-0.39, 0.29) is 11.4 Å². The molecule has 21 heavy (non-hydrogen) atoms. The van der Waals surface area contributed by atoms with Crippen LogP contribution in [-0.4, -0.2) is 22.8 Å². The lowest BCUT2D eigenvalue weighted by Gasteiger charge is -2.36. The van der Waals surface area contributed by atoms with E-state index in [4.69, 9.17) is 4.74 Å². The van der Waals surface area contributed by atoms with Gasteiger partial charge in [-0.3, -0.25) is 0 Å². The van der Waals surface area contributed by atoms with Crippen LogP contribution >= 0.6 is 15.9 Å². The quantitative estimate of drug-likeness (QED) is 0.823. The molecule has 1 N–H and O–H groups in total. The van der Waals surface area contributed by atoms with Crippen LogP contribution in [0.15, 0.2) is 28.7 Å². The lowest BCUT2D eigenvalue weighted by atomic mass is 9.83. The fourth-order valence-electron chi connectivity index (χ4n) is 3.79. The molecule has 0 spiro atoms. The van der Waals surface area contributed by atoms with E-state index in [2.05, 4.69) is 29.8 Å². The second-order valence-electron chi connectivity index (χ2n) is 7.21. The van der Waals surface area contributed by atoms with Crippen LogP contribution in [-0.2, 0) is 4.74 Å². The summed E-state index contributed by atoms with van der Waals surface area (Å²) in [7, 11) is 0. The Hall–Kier alpha value is -0.870. The van der Waals surface area contributed by atoms with Gasteiger partial charge in [-0.15, -0.1) is 0 Å². The zero-order valence-electron chi connectivity index (χ0n) is 12.6. The maximum atomic E-state index is 12.3. The SMILES string of the molecule is CC1(C)[C@H]2C[C@@H](OC(=O)c3ccccc3Br)[C@](C)(O)C[C@@H]21. The van der Waals surface area contributed by atoms with Crippen molar-refractivity contribution in [1.29, 1.82) is 0 Å². The van der Waals surface area contributed by atoms with Gasteiger partial charge in [0.25, 0.3) is 0 Å². The summed E-state index contributed by atoms with van der Waals surface area (Å²) in [5, 5.41) is 10.6. The van der Waals surface area contributed by atoms with E-state index in [1.807, 2.05) is 12.1 Å². The van der Waals surface area contributed by atoms with Crippen LogP contribution in [0, 0.1) is 17.3 Å². The van der Waals surface area contributed by atoms with Gasteiger partial charge < -0.3 is 9.84 Å². The molecule has 0 saturated heterocycles. The van der Waals surface area contributed by atoms with E-state index >= 15 is 0 Å². The summed E-state index contributed by atoms with van der Waals surface area (Å²) in [6.45, 7) is 6.25. The van der Waals surface area contributed by atoms with Crippen LogP contribution in [0.1, 0.15) is 44.0 Å². The molecule has 0 bridgehead atoms. The third-order valence-corrected chi connectivity index (χ3v) is 6.12. The van der Waals surface area contributed by atoms with Gasteiger partial charge in [0.2, 0.25) is 0 Å². The Kier molecular flexibility index (Phi) is 3.45. The molecule has 0 amide bonds. The van der Waals surface area contributed by atoms with Crippen molar-refractivity contribution in [2.75, 3.05) is 0 Å². The van der Waals surface area contributed by atoms with Crippen molar-refractivity contribution in [3.05, 3.63) is 34.3 Å². The number of benzene rings is 1. The third-order valence-electron chi connectivity index (χ3n) is 5.43. The highest BCUT2D eigenvalue weighted by molar-refractivity contribution is 9.10. The zero-order chi connectivity index (χ0) is 15.4. The molecule has 114 valence electrons. The Morgan fingerprint density at radius 2 is 1.95 bits per heavy atom. The average molecular weight is 353 g/mol. The van der Waals surface area contributed by atoms with Gasteiger partial charge in [-0.05, 0) is 65.1 Å². The summed E-state index contributed by atoms with van der Waals surface area (Å²) >= 11 is 3.37. The number of hydrogen-bond acceptors (Lipinski definition) is 3. The van der Waals surface area contributed by atoms with Gasteiger partial charge in [-0.25, -0.2) is 4.79 Å². The maximum absolute atomic E-state index is 12.3. The van der Waals surface area contributed by atoms with Crippen LogP contribution in [0.3, 0.4) is 0 Å². The number of carbonyl (C=O) groups is 1. The molecule has 4 heteroatoms. The lowest BCUT2D eigenvalue weighted by molar-refractivity contribution is -0.0986. The lowest BCUT2D eigenvalue weighted by Crippen LogP contribution is -2.45. The van der Waals surface area contributed by atoms with Gasteiger partial charge in [0.15, 0.2) is 0 Å². The van der Waals surface area contributed by atoms with Crippen LogP contribution in [0.25, 0.3) is 0 Å². The minimum absolute atomic E-state index is 0.262. The van der Waals surface area contributed by atoms with E-state index in [1.165, 1.54) is 0 Å². The highest BCUT2D eigenvalue weighted by Gasteiger charge is 2.64. The van der Waals surface area contributed by atoms with Gasteiger partial charge in [0.1, 0.15) is 6.10 Å². The molecule has 4 atom stereocenters. The number of carbonyl (C=O) groups excluding carboxylic acids is 1. The van der Waals surface area contributed by atoms with Crippen LogP contribution in [0.4, 0.5) is 0 Å². The molecule has 1 aromatic rings. The minimum Gasteiger partial charge on any atom is -0.456 e. The molecule has 2 aliphatic carbocycles. The predicted octanol–water partition coefficient (Wildman–Crippen LogP) is 3.79. The highest BCUT2D eigenvalue weighted by atomic mass is 79.9. The second kappa shape index (κ2) is 4.82. The van der Waals surface area contributed by atoms with E-state index in [1.54, 1.807) is 19.1 Å². The normalized spacial score (nSPS) is 36.7. The topological polar surface area (TPSA) is 46.5 Å². The number of ether oxygens (including phenoxy) is 1. The van der Waals surface area contributed by atoms with Crippen molar-refractivity contribution < 1.29 is 14.6 Å². The van der Waals surface area contributed by atoms with Crippen molar-refractivity contribution >= 4 is 21.9 Å². The van der Waals surface area contributed by atoms with Crippen LogP contribution in [0.2, 0.25) is 0 Å². The fraction of sp³-hybridized carbons (Fsp3) is 0.588. The molecule has 2 fully saturated rings. The molecule has 2 aliphatic rings. The van der Waals surface area contributed by atoms with E-state index in [0.717, 1.165) is 10.9 Å². The fourth-order valence-corrected chi connectivity index (χ4v) is 4.23. The molecule has 3 rings (SSSR count).